The van der Waals surface area contributed by atoms with Crippen LogP contribution in [-0.4, -0.2) is 32.3 Å². The van der Waals surface area contributed by atoms with Gasteiger partial charge in [-0.15, -0.1) is 0 Å². The zero-order valence-corrected chi connectivity index (χ0v) is 16.4. The fourth-order valence-electron chi connectivity index (χ4n) is 2.92. The maximum Gasteiger partial charge on any atom is 0.200 e. The second-order valence-corrected chi connectivity index (χ2v) is 6.33. The molecule has 3 rings (SSSR count). The molecule has 3 N–H and O–H groups in total. The summed E-state index contributed by atoms with van der Waals surface area (Å²) in [5.74, 6) is 2.15. The van der Waals surface area contributed by atoms with Gasteiger partial charge < -0.3 is 29.6 Å². The van der Waals surface area contributed by atoms with E-state index < -0.39 is 0 Å². The first-order valence-corrected chi connectivity index (χ1v) is 8.95. The monoisotopic (exact) mass is 383 g/mol. The van der Waals surface area contributed by atoms with Crippen LogP contribution in [-0.2, 0) is 6.54 Å². The number of nitrogens with one attached hydrogen (secondary N) is 2. The number of hydrogen-bond donors (Lipinski definition) is 3. The second-order valence-electron chi connectivity index (χ2n) is 6.33. The average molecular weight is 383 g/mol. The first kappa shape index (κ1) is 19.4. The number of nitrogens with zero attached hydrogens (tertiary/aromatic N) is 1. The summed E-state index contributed by atoms with van der Waals surface area (Å²) in [5, 5.41) is 17.7. The van der Waals surface area contributed by atoms with Gasteiger partial charge in [0.2, 0.25) is 5.75 Å². The Balaban J connectivity index is 1.68. The number of methoxy groups -OCH3 is 2. The number of fused-ring (bicyclic) bond motifs is 1. The highest BCUT2D eigenvalue weighted by Gasteiger charge is 2.14. The van der Waals surface area contributed by atoms with Crippen LogP contribution >= 0.6 is 0 Å². The number of guanidine groups is 1. The second kappa shape index (κ2) is 8.56. The van der Waals surface area contributed by atoms with E-state index in [1.807, 2.05) is 37.3 Å². The summed E-state index contributed by atoms with van der Waals surface area (Å²) in [4.78, 5) is 4.27. The molecule has 1 unspecified atom stereocenters. The summed E-state index contributed by atoms with van der Waals surface area (Å²) in [6.45, 7) is 2.48. The molecule has 1 aromatic heterocycles. The van der Waals surface area contributed by atoms with E-state index in [1.54, 1.807) is 19.2 Å². The Labute approximate surface area is 164 Å². The lowest BCUT2D eigenvalue weighted by Crippen LogP contribution is -2.38. The first-order valence-electron chi connectivity index (χ1n) is 8.95. The maximum absolute atomic E-state index is 10.0. The molecule has 0 saturated carbocycles. The minimum atomic E-state index is -0.0671. The van der Waals surface area contributed by atoms with Crippen molar-refractivity contribution in [1.29, 1.82) is 0 Å². The van der Waals surface area contributed by atoms with Gasteiger partial charge in [-0.25, -0.2) is 0 Å². The van der Waals surface area contributed by atoms with Gasteiger partial charge in [0, 0.05) is 19.0 Å². The molecule has 0 spiro atoms. The van der Waals surface area contributed by atoms with Crippen LogP contribution in [0.4, 0.5) is 0 Å². The van der Waals surface area contributed by atoms with Gasteiger partial charge >= 0.3 is 0 Å². The molecular weight excluding hydrogens is 358 g/mol. The number of benzene rings is 2. The zero-order valence-electron chi connectivity index (χ0n) is 16.4. The minimum absolute atomic E-state index is 0.0187. The Morgan fingerprint density at radius 1 is 1.14 bits per heavy atom. The third-order valence-corrected chi connectivity index (χ3v) is 4.45. The van der Waals surface area contributed by atoms with Crippen molar-refractivity contribution in [2.24, 2.45) is 4.99 Å². The molecule has 0 saturated heterocycles. The average Bonchev–Trinajstić information content (AvgIpc) is 3.16. The predicted octanol–water partition coefficient (Wildman–Crippen LogP) is 3.58. The summed E-state index contributed by atoms with van der Waals surface area (Å²) in [7, 11) is 4.71. The van der Waals surface area contributed by atoms with Gasteiger partial charge in [0.15, 0.2) is 17.5 Å². The Morgan fingerprint density at radius 3 is 2.43 bits per heavy atom. The van der Waals surface area contributed by atoms with Gasteiger partial charge in [-0.1, -0.05) is 18.2 Å². The fraction of sp³-hybridized carbons (Fsp3) is 0.286. The van der Waals surface area contributed by atoms with Crippen LogP contribution in [0.3, 0.4) is 0 Å². The van der Waals surface area contributed by atoms with Crippen LogP contribution in [0.25, 0.3) is 11.0 Å². The van der Waals surface area contributed by atoms with Gasteiger partial charge in [-0.3, -0.25) is 4.99 Å². The Kier molecular flexibility index (Phi) is 5.93. The number of furan rings is 1. The number of phenols is 1. The van der Waals surface area contributed by atoms with Gasteiger partial charge in [0.1, 0.15) is 11.3 Å². The first-order chi connectivity index (χ1) is 13.5. The number of hydrogen-bond acceptors (Lipinski definition) is 5. The molecule has 1 atom stereocenters. The van der Waals surface area contributed by atoms with Crippen molar-refractivity contribution in [2.45, 2.75) is 19.5 Å². The summed E-state index contributed by atoms with van der Waals surface area (Å²) in [5.41, 5.74) is 1.74. The Bertz CT molecular complexity index is 923. The number of ether oxygens (including phenoxy) is 2. The molecule has 0 aliphatic carbocycles. The molecule has 7 nitrogen and oxygen atoms in total. The predicted molar refractivity (Wildman–Crippen MR) is 109 cm³/mol. The van der Waals surface area contributed by atoms with Crippen molar-refractivity contribution >= 4 is 16.9 Å². The third-order valence-electron chi connectivity index (χ3n) is 4.45. The molecule has 0 aliphatic rings. The number of aromatic hydroxyl groups is 1. The van der Waals surface area contributed by atoms with Crippen molar-refractivity contribution in [3.63, 3.8) is 0 Å². The van der Waals surface area contributed by atoms with E-state index in [0.717, 1.165) is 22.3 Å². The van der Waals surface area contributed by atoms with Crippen LogP contribution in [0.5, 0.6) is 17.2 Å². The molecule has 0 amide bonds. The molecule has 2 aromatic carbocycles. The lowest BCUT2D eigenvalue weighted by atomic mass is 10.2. The summed E-state index contributed by atoms with van der Waals surface area (Å²) in [6, 6.07) is 13.4. The topological polar surface area (TPSA) is 88.3 Å². The van der Waals surface area contributed by atoms with Gasteiger partial charge in [0.25, 0.3) is 0 Å². The summed E-state index contributed by atoms with van der Waals surface area (Å²) < 4.78 is 16.3. The molecule has 0 bridgehead atoms. The standard InChI is InChI=1S/C21H25N3O4/c1-13(17-11-15-7-5-6-8-16(15)28-17)24-21(22-2)23-12-14-9-18(26-3)20(25)19(10-14)27-4/h5-11,13,25H,12H2,1-4H3,(H2,22,23,24). The molecule has 7 heteroatoms. The molecule has 0 radical (unpaired) electrons. The van der Waals surface area contributed by atoms with E-state index in [-0.39, 0.29) is 11.8 Å². The van der Waals surface area contributed by atoms with Gasteiger partial charge in [-0.05, 0) is 36.8 Å². The van der Waals surface area contributed by atoms with Gasteiger partial charge in [0.05, 0.1) is 20.3 Å². The SMILES string of the molecule is CN=C(NCc1cc(OC)c(O)c(OC)c1)NC(C)c1cc2ccccc2o1. The maximum atomic E-state index is 10.0. The van der Waals surface area contributed by atoms with Crippen molar-refractivity contribution in [2.75, 3.05) is 21.3 Å². The van der Waals surface area contributed by atoms with E-state index in [4.69, 9.17) is 13.9 Å². The minimum Gasteiger partial charge on any atom is -0.502 e. The molecular formula is C21H25N3O4. The molecule has 1 heterocycles. The van der Waals surface area contributed by atoms with E-state index >= 15 is 0 Å². The highest BCUT2D eigenvalue weighted by molar-refractivity contribution is 5.81. The largest absolute Gasteiger partial charge is 0.502 e. The molecule has 0 aliphatic heterocycles. The lowest BCUT2D eigenvalue weighted by molar-refractivity contribution is 0.339. The summed E-state index contributed by atoms with van der Waals surface area (Å²) in [6.07, 6.45) is 0. The molecule has 3 aromatic rings. The van der Waals surface area contributed by atoms with Crippen LogP contribution in [0.1, 0.15) is 24.3 Å². The molecule has 28 heavy (non-hydrogen) atoms. The third kappa shape index (κ3) is 4.14. The number of para-hydroxylation sites is 1. The van der Waals surface area contributed by atoms with E-state index in [9.17, 15) is 5.11 Å². The van der Waals surface area contributed by atoms with Crippen molar-refractivity contribution in [3.05, 3.63) is 53.8 Å². The Morgan fingerprint density at radius 2 is 1.82 bits per heavy atom. The summed E-state index contributed by atoms with van der Waals surface area (Å²) >= 11 is 0. The lowest BCUT2D eigenvalue weighted by Gasteiger charge is -2.17. The van der Waals surface area contributed by atoms with E-state index in [2.05, 4.69) is 15.6 Å². The highest BCUT2D eigenvalue weighted by atomic mass is 16.5. The number of rotatable bonds is 6. The van der Waals surface area contributed by atoms with E-state index in [1.165, 1.54) is 14.2 Å². The molecule has 0 fully saturated rings. The quantitative estimate of drug-likeness (QED) is 0.445. The Hall–Kier alpha value is -3.35. The van der Waals surface area contributed by atoms with Gasteiger partial charge in [-0.2, -0.15) is 0 Å². The smallest absolute Gasteiger partial charge is 0.200 e. The van der Waals surface area contributed by atoms with Crippen LogP contribution in [0.15, 0.2) is 51.9 Å². The van der Waals surface area contributed by atoms with E-state index in [0.29, 0.717) is 24.0 Å². The normalized spacial score (nSPS) is 12.6. The highest BCUT2D eigenvalue weighted by Crippen LogP contribution is 2.37. The van der Waals surface area contributed by atoms with Crippen molar-refractivity contribution < 1.29 is 19.0 Å². The fourth-order valence-corrected chi connectivity index (χ4v) is 2.92. The molecule has 148 valence electrons. The van der Waals surface area contributed by atoms with Crippen molar-refractivity contribution in [1.82, 2.24) is 10.6 Å². The van der Waals surface area contributed by atoms with Crippen LogP contribution in [0.2, 0.25) is 0 Å². The number of aliphatic imine (C=N–C) groups is 1. The zero-order chi connectivity index (χ0) is 20.1. The number of phenolic OH excluding ortho intramolecular Hbond substituents is 1. The van der Waals surface area contributed by atoms with Crippen molar-refractivity contribution in [3.8, 4) is 17.2 Å². The van der Waals surface area contributed by atoms with Crippen LogP contribution in [0, 0.1) is 0 Å². The van der Waals surface area contributed by atoms with Crippen LogP contribution < -0.4 is 20.1 Å².